The van der Waals surface area contributed by atoms with Crippen molar-refractivity contribution in [1.82, 2.24) is 0 Å². The van der Waals surface area contributed by atoms with Gasteiger partial charge in [0, 0.05) is 6.04 Å². The Morgan fingerprint density at radius 1 is 1.62 bits per heavy atom. The Morgan fingerprint density at radius 2 is 2.31 bits per heavy atom. The fourth-order valence-electron chi connectivity index (χ4n) is 1.71. The van der Waals surface area contributed by atoms with E-state index in [0.717, 1.165) is 19.3 Å². The summed E-state index contributed by atoms with van der Waals surface area (Å²) in [6.45, 7) is 3.61. The molecule has 13 heavy (non-hydrogen) atoms. The lowest BCUT2D eigenvalue weighted by atomic mass is 9.96. The molecule has 0 spiro atoms. The van der Waals surface area contributed by atoms with Crippen molar-refractivity contribution in [3.8, 4) is 0 Å². The number of hydrogen-bond acceptors (Lipinski definition) is 3. The number of allylic oxidation sites excluding steroid dienone is 1. The highest BCUT2D eigenvalue weighted by Gasteiger charge is 2.31. The number of sulfone groups is 1. The van der Waals surface area contributed by atoms with Gasteiger partial charge in [0.2, 0.25) is 0 Å². The number of nitrogens with two attached hydrogens (primary N) is 1. The van der Waals surface area contributed by atoms with Gasteiger partial charge in [0.05, 0.1) is 11.5 Å². The largest absolute Gasteiger partial charge is 0.327 e. The molecule has 0 radical (unpaired) electrons. The lowest BCUT2D eigenvalue weighted by Crippen LogP contribution is -2.30. The van der Waals surface area contributed by atoms with Gasteiger partial charge in [0.15, 0.2) is 9.84 Å². The summed E-state index contributed by atoms with van der Waals surface area (Å²) in [5.74, 6) is 0.773. The molecule has 0 aromatic carbocycles. The Labute approximate surface area is 79.9 Å². The Bertz CT molecular complexity index is 271. The molecule has 0 aromatic heterocycles. The van der Waals surface area contributed by atoms with Gasteiger partial charge < -0.3 is 5.73 Å². The third kappa shape index (κ3) is 3.12. The molecule has 4 heteroatoms. The average molecular weight is 203 g/mol. The van der Waals surface area contributed by atoms with Crippen LogP contribution >= 0.6 is 0 Å². The van der Waals surface area contributed by atoms with Crippen molar-refractivity contribution in [3.05, 3.63) is 12.7 Å². The minimum Gasteiger partial charge on any atom is -0.327 e. The van der Waals surface area contributed by atoms with Gasteiger partial charge in [0.25, 0.3) is 0 Å². The highest BCUT2D eigenvalue weighted by molar-refractivity contribution is 7.91. The summed E-state index contributed by atoms with van der Waals surface area (Å²) < 4.78 is 22.3. The minimum absolute atomic E-state index is 0.0234. The van der Waals surface area contributed by atoms with Crippen LogP contribution in [0.15, 0.2) is 12.7 Å². The standard InChI is InChI=1S/C9H17NO2S/c1-2-3-4-9(10)8-5-6-13(11,12)7-8/h2,8-9H,1,3-7,10H2. The van der Waals surface area contributed by atoms with Crippen LogP contribution in [0.3, 0.4) is 0 Å². The summed E-state index contributed by atoms with van der Waals surface area (Å²) in [6, 6.07) is 0.0234. The molecule has 2 atom stereocenters. The molecule has 0 aromatic rings. The lowest BCUT2D eigenvalue weighted by Gasteiger charge is -2.16. The predicted molar refractivity (Wildman–Crippen MR) is 54.2 cm³/mol. The van der Waals surface area contributed by atoms with Gasteiger partial charge in [0.1, 0.15) is 0 Å². The van der Waals surface area contributed by atoms with Crippen LogP contribution in [0, 0.1) is 5.92 Å². The van der Waals surface area contributed by atoms with Crippen molar-refractivity contribution in [2.45, 2.75) is 25.3 Å². The predicted octanol–water partition coefficient (Wildman–Crippen LogP) is 0.715. The molecule has 1 saturated heterocycles. The van der Waals surface area contributed by atoms with E-state index in [9.17, 15) is 8.42 Å². The Kier molecular flexibility index (Phi) is 3.50. The summed E-state index contributed by atoms with van der Waals surface area (Å²) >= 11 is 0. The first kappa shape index (κ1) is 10.7. The SMILES string of the molecule is C=CCCC(N)C1CCS(=O)(=O)C1. The average Bonchev–Trinajstić information content (AvgIpc) is 2.42. The van der Waals surface area contributed by atoms with Crippen molar-refractivity contribution in [1.29, 1.82) is 0 Å². The van der Waals surface area contributed by atoms with Gasteiger partial charge in [-0.2, -0.15) is 0 Å². The molecular weight excluding hydrogens is 186 g/mol. The molecule has 1 fully saturated rings. The van der Waals surface area contributed by atoms with E-state index in [-0.39, 0.29) is 17.7 Å². The second-order valence-electron chi connectivity index (χ2n) is 3.69. The normalized spacial score (nSPS) is 28.5. The molecule has 0 saturated carbocycles. The highest BCUT2D eigenvalue weighted by Crippen LogP contribution is 2.22. The van der Waals surface area contributed by atoms with Crippen LogP contribution in [0.1, 0.15) is 19.3 Å². The maximum Gasteiger partial charge on any atom is 0.150 e. The minimum atomic E-state index is -2.77. The van der Waals surface area contributed by atoms with Gasteiger partial charge >= 0.3 is 0 Å². The molecular formula is C9H17NO2S. The molecule has 1 rings (SSSR count). The number of rotatable bonds is 4. The van der Waals surface area contributed by atoms with Crippen molar-refractivity contribution in [3.63, 3.8) is 0 Å². The third-order valence-electron chi connectivity index (χ3n) is 2.58. The first-order valence-corrected chi connectivity index (χ1v) is 6.44. The Hall–Kier alpha value is -0.350. The van der Waals surface area contributed by atoms with E-state index in [1.165, 1.54) is 0 Å². The van der Waals surface area contributed by atoms with Gasteiger partial charge in [-0.05, 0) is 25.2 Å². The fraction of sp³-hybridized carbons (Fsp3) is 0.778. The van der Waals surface area contributed by atoms with Crippen LogP contribution in [-0.2, 0) is 9.84 Å². The topological polar surface area (TPSA) is 60.2 Å². The Morgan fingerprint density at radius 3 is 2.77 bits per heavy atom. The monoisotopic (exact) mass is 203 g/mol. The molecule has 1 aliphatic rings. The zero-order valence-corrected chi connectivity index (χ0v) is 8.59. The van der Waals surface area contributed by atoms with E-state index in [2.05, 4.69) is 6.58 Å². The molecule has 0 bridgehead atoms. The van der Waals surface area contributed by atoms with Crippen LogP contribution in [0.25, 0.3) is 0 Å². The summed E-state index contributed by atoms with van der Waals surface area (Å²) in [5, 5.41) is 0. The van der Waals surface area contributed by atoms with Crippen LogP contribution in [0.2, 0.25) is 0 Å². The molecule has 0 amide bonds. The van der Waals surface area contributed by atoms with Crippen molar-refractivity contribution in [2.75, 3.05) is 11.5 Å². The fourth-order valence-corrected chi connectivity index (χ4v) is 3.60. The van der Waals surface area contributed by atoms with E-state index in [4.69, 9.17) is 5.73 Å². The van der Waals surface area contributed by atoms with E-state index < -0.39 is 9.84 Å². The van der Waals surface area contributed by atoms with Crippen LogP contribution < -0.4 is 5.73 Å². The zero-order chi connectivity index (χ0) is 9.90. The van der Waals surface area contributed by atoms with Crippen molar-refractivity contribution < 1.29 is 8.42 Å². The second kappa shape index (κ2) is 4.24. The van der Waals surface area contributed by atoms with Crippen LogP contribution in [0.4, 0.5) is 0 Å². The van der Waals surface area contributed by atoms with Crippen LogP contribution in [0.5, 0.6) is 0 Å². The molecule has 1 aliphatic heterocycles. The smallest absolute Gasteiger partial charge is 0.150 e. The van der Waals surface area contributed by atoms with Crippen molar-refractivity contribution >= 4 is 9.84 Å². The van der Waals surface area contributed by atoms with E-state index in [1.54, 1.807) is 0 Å². The molecule has 0 aliphatic carbocycles. The lowest BCUT2D eigenvalue weighted by molar-refractivity contribution is 0.441. The summed E-state index contributed by atoms with van der Waals surface area (Å²) in [4.78, 5) is 0. The van der Waals surface area contributed by atoms with Gasteiger partial charge in [-0.1, -0.05) is 6.08 Å². The highest BCUT2D eigenvalue weighted by atomic mass is 32.2. The quantitative estimate of drug-likeness (QED) is 0.685. The van der Waals surface area contributed by atoms with E-state index >= 15 is 0 Å². The van der Waals surface area contributed by atoms with Crippen molar-refractivity contribution in [2.24, 2.45) is 11.7 Å². The van der Waals surface area contributed by atoms with E-state index in [0.29, 0.717) is 5.75 Å². The molecule has 2 unspecified atom stereocenters. The first-order chi connectivity index (χ1) is 6.05. The Balaban J connectivity index is 2.41. The van der Waals surface area contributed by atoms with Crippen LogP contribution in [-0.4, -0.2) is 26.0 Å². The maximum atomic E-state index is 11.1. The molecule has 3 nitrogen and oxygen atoms in total. The number of hydrogen-bond donors (Lipinski definition) is 1. The summed E-state index contributed by atoms with van der Waals surface area (Å²) in [5.41, 5.74) is 5.87. The first-order valence-electron chi connectivity index (χ1n) is 4.62. The summed E-state index contributed by atoms with van der Waals surface area (Å²) in [6.07, 6.45) is 4.28. The molecule has 2 N–H and O–H groups in total. The molecule has 1 heterocycles. The zero-order valence-electron chi connectivity index (χ0n) is 7.78. The van der Waals surface area contributed by atoms with Gasteiger partial charge in [-0.3, -0.25) is 0 Å². The van der Waals surface area contributed by atoms with Gasteiger partial charge in [-0.15, -0.1) is 6.58 Å². The second-order valence-corrected chi connectivity index (χ2v) is 5.92. The molecule has 76 valence electrons. The van der Waals surface area contributed by atoms with E-state index in [1.807, 2.05) is 6.08 Å². The third-order valence-corrected chi connectivity index (χ3v) is 4.37. The summed E-state index contributed by atoms with van der Waals surface area (Å²) in [7, 11) is -2.77. The van der Waals surface area contributed by atoms with Gasteiger partial charge in [-0.25, -0.2) is 8.42 Å². The maximum absolute atomic E-state index is 11.1.